The Morgan fingerprint density at radius 3 is 1.61 bits per heavy atom. The van der Waals surface area contributed by atoms with Crippen molar-refractivity contribution in [2.24, 2.45) is 0 Å². The van der Waals surface area contributed by atoms with Crippen molar-refractivity contribution in [3.8, 4) is 0 Å². The topological polar surface area (TPSA) is 34.3 Å². The first-order valence-corrected chi connectivity index (χ1v) is 7.60. The van der Waals surface area contributed by atoms with Crippen LogP contribution in [-0.2, 0) is 14.2 Å². The third-order valence-electron chi connectivity index (χ3n) is 4.04. The fourth-order valence-electron chi connectivity index (χ4n) is 2.75. The molecule has 23 heavy (non-hydrogen) atoms. The average Bonchev–Trinajstić information content (AvgIpc) is 3.41. The van der Waals surface area contributed by atoms with Gasteiger partial charge in [-0.25, -0.2) is 8.78 Å². The van der Waals surface area contributed by atoms with Gasteiger partial charge < -0.3 is 14.2 Å². The summed E-state index contributed by atoms with van der Waals surface area (Å²) in [5, 5.41) is 0. The van der Waals surface area contributed by atoms with E-state index < -0.39 is 12.2 Å². The second-order valence-corrected chi connectivity index (χ2v) is 5.83. The Bertz CT molecular complexity index is 639. The van der Waals surface area contributed by atoms with Crippen LogP contribution in [0.25, 0.3) is 0 Å². The largest absolute Gasteiger partial charge is 0.370 e. The molecule has 2 heterocycles. The Morgan fingerprint density at radius 1 is 0.826 bits per heavy atom. The smallest absolute Gasteiger partial charge is 0.123 e. The van der Waals surface area contributed by atoms with Gasteiger partial charge in [-0.3, -0.25) is 0 Å². The molecule has 0 amide bonds. The molecule has 0 spiro atoms. The van der Waals surface area contributed by atoms with E-state index in [0.29, 0.717) is 13.2 Å². The van der Waals surface area contributed by atoms with Crippen LogP contribution in [0.5, 0.6) is 0 Å². The first-order chi connectivity index (χ1) is 11.2. The van der Waals surface area contributed by atoms with Crippen LogP contribution >= 0.6 is 0 Å². The molecule has 4 atom stereocenters. The van der Waals surface area contributed by atoms with Crippen molar-refractivity contribution in [2.75, 3.05) is 13.2 Å². The maximum atomic E-state index is 13.5. The Kier molecular flexibility index (Phi) is 3.85. The number of hydrogen-bond acceptors (Lipinski definition) is 3. The summed E-state index contributed by atoms with van der Waals surface area (Å²) in [5.74, 6) is -0.636. The maximum absolute atomic E-state index is 13.5. The van der Waals surface area contributed by atoms with Gasteiger partial charge in [-0.2, -0.15) is 0 Å². The molecule has 120 valence electrons. The molecule has 4 rings (SSSR count). The fraction of sp³-hybridized carbons (Fsp3) is 0.333. The number of ether oxygens (including phenoxy) is 3. The highest BCUT2D eigenvalue weighted by Gasteiger charge is 2.42. The van der Waals surface area contributed by atoms with Crippen LogP contribution in [0.1, 0.15) is 23.3 Å². The number of benzene rings is 2. The summed E-state index contributed by atoms with van der Waals surface area (Å²) in [6, 6.07) is 12.6. The molecule has 0 bridgehead atoms. The summed E-state index contributed by atoms with van der Waals surface area (Å²) >= 11 is 0. The van der Waals surface area contributed by atoms with E-state index in [4.69, 9.17) is 14.2 Å². The van der Waals surface area contributed by atoms with Gasteiger partial charge >= 0.3 is 0 Å². The standard InChI is InChI=1S/C18H16F2O3/c19-13-5-1-3-11(7-13)17(15-9-21-15)23-18(16-10-22-16)12-4-2-6-14(20)8-12/h1-8,15-18H,9-10H2. The summed E-state index contributed by atoms with van der Waals surface area (Å²) in [5.41, 5.74) is 1.43. The molecule has 2 aliphatic heterocycles. The fourth-order valence-corrected chi connectivity index (χ4v) is 2.75. The van der Waals surface area contributed by atoms with Crippen LogP contribution in [-0.4, -0.2) is 25.4 Å². The second-order valence-electron chi connectivity index (χ2n) is 5.83. The summed E-state index contributed by atoms with van der Waals surface area (Å²) in [6.45, 7) is 1.14. The summed E-state index contributed by atoms with van der Waals surface area (Å²) in [6.07, 6.45) is -1.01. The summed E-state index contributed by atoms with van der Waals surface area (Å²) in [4.78, 5) is 0. The number of halogens is 2. The van der Waals surface area contributed by atoms with Gasteiger partial charge in [0.25, 0.3) is 0 Å². The summed E-state index contributed by atoms with van der Waals surface area (Å²) < 4.78 is 44.0. The molecule has 0 radical (unpaired) electrons. The van der Waals surface area contributed by atoms with Crippen molar-refractivity contribution in [1.29, 1.82) is 0 Å². The molecule has 2 aromatic carbocycles. The lowest BCUT2D eigenvalue weighted by molar-refractivity contribution is -0.0421. The Labute approximate surface area is 132 Å². The van der Waals surface area contributed by atoms with Gasteiger partial charge in [0, 0.05) is 0 Å². The average molecular weight is 318 g/mol. The van der Waals surface area contributed by atoms with Crippen molar-refractivity contribution in [3.63, 3.8) is 0 Å². The van der Waals surface area contributed by atoms with E-state index >= 15 is 0 Å². The van der Waals surface area contributed by atoms with E-state index in [1.165, 1.54) is 24.3 Å². The van der Waals surface area contributed by atoms with E-state index in [1.807, 2.05) is 12.1 Å². The van der Waals surface area contributed by atoms with Gasteiger partial charge in [-0.15, -0.1) is 0 Å². The number of hydrogen-bond donors (Lipinski definition) is 0. The van der Waals surface area contributed by atoms with E-state index in [0.717, 1.165) is 11.1 Å². The molecule has 0 aromatic heterocycles. The Balaban J connectivity index is 1.61. The summed E-state index contributed by atoms with van der Waals surface area (Å²) in [7, 11) is 0. The van der Waals surface area contributed by atoms with Gasteiger partial charge in [-0.1, -0.05) is 24.3 Å². The maximum Gasteiger partial charge on any atom is 0.123 e. The van der Waals surface area contributed by atoms with Gasteiger partial charge in [0.2, 0.25) is 0 Å². The molecule has 0 N–H and O–H groups in total. The molecule has 2 aromatic rings. The molecular weight excluding hydrogens is 302 g/mol. The van der Waals surface area contributed by atoms with Crippen LogP contribution < -0.4 is 0 Å². The van der Waals surface area contributed by atoms with Crippen LogP contribution in [0.4, 0.5) is 8.78 Å². The van der Waals surface area contributed by atoms with Gasteiger partial charge in [0.1, 0.15) is 36.1 Å². The van der Waals surface area contributed by atoms with E-state index in [2.05, 4.69) is 0 Å². The van der Waals surface area contributed by atoms with Crippen LogP contribution in [0.15, 0.2) is 48.5 Å². The van der Waals surface area contributed by atoms with E-state index in [9.17, 15) is 8.78 Å². The number of rotatable bonds is 6. The van der Waals surface area contributed by atoms with E-state index in [1.54, 1.807) is 12.1 Å². The molecule has 0 saturated carbocycles. The van der Waals surface area contributed by atoms with Gasteiger partial charge in [0.05, 0.1) is 13.2 Å². The van der Waals surface area contributed by atoms with Crippen LogP contribution in [0.2, 0.25) is 0 Å². The lowest BCUT2D eigenvalue weighted by atomic mass is 10.0. The molecule has 0 aliphatic carbocycles. The predicted octanol–water partition coefficient (Wildman–Crippen LogP) is 3.56. The van der Waals surface area contributed by atoms with Crippen LogP contribution in [0, 0.1) is 11.6 Å². The van der Waals surface area contributed by atoms with Crippen molar-refractivity contribution in [1.82, 2.24) is 0 Å². The van der Waals surface area contributed by atoms with Crippen molar-refractivity contribution >= 4 is 0 Å². The van der Waals surface area contributed by atoms with Gasteiger partial charge in [-0.05, 0) is 35.4 Å². The van der Waals surface area contributed by atoms with Crippen molar-refractivity contribution in [3.05, 3.63) is 71.3 Å². The Hall–Kier alpha value is -1.82. The monoisotopic (exact) mass is 318 g/mol. The van der Waals surface area contributed by atoms with E-state index in [-0.39, 0.29) is 23.8 Å². The lowest BCUT2D eigenvalue weighted by Gasteiger charge is -2.23. The van der Waals surface area contributed by atoms with Gasteiger partial charge in [0.15, 0.2) is 0 Å². The van der Waals surface area contributed by atoms with Crippen LogP contribution in [0.3, 0.4) is 0 Å². The highest BCUT2D eigenvalue weighted by Crippen LogP contribution is 2.40. The molecule has 2 aliphatic rings. The Morgan fingerprint density at radius 2 is 1.26 bits per heavy atom. The molecular formula is C18H16F2O3. The lowest BCUT2D eigenvalue weighted by Crippen LogP contribution is -2.19. The third kappa shape index (κ3) is 3.42. The quantitative estimate of drug-likeness (QED) is 0.764. The van der Waals surface area contributed by atoms with Crippen molar-refractivity contribution in [2.45, 2.75) is 24.4 Å². The molecule has 3 nitrogen and oxygen atoms in total. The first kappa shape index (κ1) is 14.8. The normalized spacial score (nSPS) is 25.0. The highest BCUT2D eigenvalue weighted by molar-refractivity contribution is 5.24. The zero-order valence-corrected chi connectivity index (χ0v) is 12.3. The van der Waals surface area contributed by atoms with Crippen molar-refractivity contribution < 1.29 is 23.0 Å². The highest BCUT2D eigenvalue weighted by atomic mass is 19.1. The minimum Gasteiger partial charge on any atom is -0.370 e. The molecule has 5 heteroatoms. The zero-order chi connectivity index (χ0) is 15.8. The predicted molar refractivity (Wildman–Crippen MR) is 78.8 cm³/mol. The molecule has 2 saturated heterocycles. The molecule has 2 fully saturated rings. The first-order valence-electron chi connectivity index (χ1n) is 7.60. The minimum absolute atomic E-state index is 0.105. The second kappa shape index (κ2) is 6.00. The zero-order valence-electron chi connectivity index (χ0n) is 12.3. The third-order valence-corrected chi connectivity index (χ3v) is 4.04. The molecule has 4 unspecified atom stereocenters. The SMILES string of the molecule is Fc1cccc(C(OC(c2cccc(F)c2)C2CO2)C2CO2)c1. The minimum atomic E-state index is -0.400. The number of epoxide rings is 2.